The Balaban J connectivity index is 1.74. The second-order valence-electron chi connectivity index (χ2n) is 5.01. The highest BCUT2D eigenvalue weighted by Gasteiger charge is 2.06. The van der Waals surface area contributed by atoms with Crippen LogP contribution in [0.1, 0.15) is 17.5 Å². The Bertz CT molecular complexity index is 642. The molecule has 2 rings (SSSR count). The molecule has 0 atom stereocenters. The van der Waals surface area contributed by atoms with Crippen LogP contribution in [0.4, 0.5) is 5.69 Å². The van der Waals surface area contributed by atoms with Crippen molar-refractivity contribution in [1.29, 1.82) is 0 Å². The van der Waals surface area contributed by atoms with Crippen molar-refractivity contribution in [2.75, 3.05) is 11.9 Å². The summed E-state index contributed by atoms with van der Waals surface area (Å²) in [6, 6.07) is 13.1. The molecule has 2 N–H and O–H groups in total. The number of nitrogens with one attached hydrogen (secondary N) is 2. The van der Waals surface area contributed by atoms with Crippen LogP contribution in [0.15, 0.2) is 42.5 Å². The van der Waals surface area contributed by atoms with Gasteiger partial charge in [-0.3, -0.25) is 4.79 Å². The Hall–Kier alpha value is -1.55. The van der Waals surface area contributed by atoms with Gasteiger partial charge in [-0.05, 0) is 42.3 Å². The van der Waals surface area contributed by atoms with E-state index in [1.807, 2.05) is 43.3 Å². The molecule has 0 aromatic heterocycles. The molecule has 0 unspecified atom stereocenters. The van der Waals surface area contributed by atoms with Crippen LogP contribution in [0.25, 0.3) is 0 Å². The van der Waals surface area contributed by atoms with Crippen molar-refractivity contribution in [2.45, 2.75) is 19.9 Å². The third kappa shape index (κ3) is 5.02. The van der Waals surface area contributed by atoms with Crippen molar-refractivity contribution in [3.8, 4) is 0 Å². The van der Waals surface area contributed by atoms with Gasteiger partial charge < -0.3 is 10.6 Å². The largest absolute Gasteiger partial charge is 0.326 e. The van der Waals surface area contributed by atoms with Gasteiger partial charge >= 0.3 is 0 Å². The quantitative estimate of drug-likeness (QED) is 0.766. The molecule has 0 bridgehead atoms. The number of hydrogen-bond acceptors (Lipinski definition) is 2. The lowest BCUT2D eigenvalue weighted by Gasteiger charge is -2.10. The molecule has 2 aromatic rings. The van der Waals surface area contributed by atoms with Crippen LogP contribution in [-0.2, 0) is 11.3 Å². The van der Waals surface area contributed by atoms with Crippen molar-refractivity contribution in [2.24, 2.45) is 0 Å². The molecule has 0 radical (unpaired) electrons. The van der Waals surface area contributed by atoms with E-state index >= 15 is 0 Å². The van der Waals surface area contributed by atoms with Gasteiger partial charge in [0.2, 0.25) is 5.91 Å². The molecule has 0 saturated heterocycles. The van der Waals surface area contributed by atoms with E-state index in [1.165, 1.54) is 0 Å². The molecule has 0 aliphatic rings. The minimum absolute atomic E-state index is 0.0334. The molecule has 0 spiro atoms. The molecule has 1 amide bonds. The molecule has 5 heteroatoms. The fourth-order valence-corrected chi connectivity index (χ4v) is 2.29. The Labute approximate surface area is 140 Å². The number of rotatable bonds is 6. The van der Waals surface area contributed by atoms with Gasteiger partial charge in [0, 0.05) is 35.2 Å². The topological polar surface area (TPSA) is 41.1 Å². The van der Waals surface area contributed by atoms with E-state index in [1.54, 1.807) is 6.07 Å². The first kappa shape index (κ1) is 16.8. The van der Waals surface area contributed by atoms with Gasteiger partial charge in [0.05, 0.1) is 0 Å². The SMILES string of the molecule is Cc1c(Cl)cccc1NC(=O)CCNCc1ccc(Cl)cc1. The summed E-state index contributed by atoms with van der Waals surface area (Å²) in [5, 5.41) is 7.48. The molecule has 0 saturated carbocycles. The highest BCUT2D eigenvalue weighted by atomic mass is 35.5. The van der Waals surface area contributed by atoms with Crippen LogP contribution in [0.3, 0.4) is 0 Å². The minimum Gasteiger partial charge on any atom is -0.326 e. The van der Waals surface area contributed by atoms with Crippen molar-refractivity contribution in [3.63, 3.8) is 0 Å². The maximum Gasteiger partial charge on any atom is 0.225 e. The lowest BCUT2D eigenvalue weighted by Crippen LogP contribution is -2.21. The summed E-state index contributed by atoms with van der Waals surface area (Å²) in [7, 11) is 0. The van der Waals surface area contributed by atoms with Crippen LogP contribution in [0.2, 0.25) is 10.0 Å². The van der Waals surface area contributed by atoms with Crippen LogP contribution in [0.5, 0.6) is 0 Å². The number of halogens is 2. The molecule has 0 fully saturated rings. The van der Waals surface area contributed by atoms with Gasteiger partial charge in [-0.1, -0.05) is 41.4 Å². The van der Waals surface area contributed by atoms with E-state index in [4.69, 9.17) is 23.2 Å². The summed E-state index contributed by atoms with van der Waals surface area (Å²) in [5.41, 5.74) is 2.78. The van der Waals surface area contributed by atoms with Crippen LogP contribution in [-0.4, -0.2) is 12.5 Å². The fraction of sp³-hybridized carbons (Fsp3) is 0.235. The fourth-order valence-electron chi connectivity index (χ4n) is 1.99. The minimum atomic E-state index is -0.0334. The molecule has 0 aliphatic heterocycles. The first-order valence-corrected chi connectivity index (χ1v) is 7.82. The summed E-state index contributed by atoms with van der Waals surface area (Å²) in [6.07, 6.45) is 0.402. The molecule has 22 heavy (non-hydrogen) atoms. The highest BCUT2D eigenvalue weighted by Crippen LogP contribution is 2.22. The van der Waals surface area contributed by atoms with E-state index in [0.29, 0.717) is 24.5 Å². The molecular formula is C17H18Cl2N2O. The van der Waals surface area contributed by atoms with Gasteiger partial charge in [0.1, 0.15) is 0 Å². The smallest absolute Gasteiger partial charge is 0.225 e. The Morgan fingerprint density at radius 2 is 1.82 bits per heavy atom. The monoisotopic (exact) mass is 336 g/mol. The lowest BCUT2D eigenvalue weighted by molar-refractivity contribution is -0.116. The summed E-state index contributed by atoms with van der Waals surface area (Å²) in [4.78, 5) is 11.9. The number of benzene rings is 2. The van der Waals surface area contributed by atoms with Gasteiger partial charge in [-0.25, -0.2) is 0 Å². The summed E-state index contributed by atoms with van der Waals surface area (Å²) in [6.45, 7) is 3.20. The average Bonchev–Trinajstić information content (AvgIpc) is 2.50. The summed E-state index contributed by atoms with van der Waals surface area (Å²) < 4.78 is 0. The van der Waals surface area contributed by atoms with Crippen LogP contribution in [0, 0.1) is 6.92 Å². The number of carbonyl (C=O) groups is 1. The third-order valence-corrected chi connectivity index (χ3v) is 3.97. The van der Waals surface area contributed by atoms with Crippen LogP contribution >= 0.6 is 23.2 Å². The predicted molar refractivity (Wildman–Crippen MR) is 92.6 cm³/mol. The van der Waals surface area contributed by atoms with Crippen molar-refractivity contribution in [3.05, 3.63) is 63.6 Å². The molecule has 116 valence electrons. The first-order chi connectivity index (χ1) is 10.6. The van der Waals surface area contributed by atoms with Crippen molar-refractivity contribution >= 4 is 34.8 Å². The summed E-state index contributed by atoms with van der Waals surface area (Å²) >= 11 is 11.9. The predicted octanol–water partition coefficient (Wildman–Crippen LogP) is 4.42. The second kappa shape index (κ2) is 8.18. The zero-order valence-electron chi connectivity index (χ0n) is 12.3. The van der Waals surface area contributed by atoms with Crippen molar-refractivity contribution < 1.29 is 4.79 Å². The zero-order valence-corrected chi connectivity index (χ0v) is 13.8. The van der Waals surface area contributed by atoms with E-state index in [0.717, 1.165) is 21.8 Å². The molecule has 0 aliphatic carbocycles. The number of carbonyl (C=O) groups excluding carboxylic acids is 1. The normalized spacial score (nSPS) is 10.5. The Morgan fingerprint density at radius 3 is 2.55 bits per heavy atom. The Kier molecular flexibility index (Phi) is 6.25. The van der Waals surface area contributed by atoms with E-state index in [-0.39, 0.29) is 5.91 Å². The van der Waals surface area contributed by atoms with Crippen LogP contribution < -0.4 is 10.6 Å². The number of hydrogen-bond donors (Lipinski definition) is 2. The molecule has 3 nitrogen and oxygen atoms in total. The second-order valence-corrected chi connectivity index (χ2v) is 5.86. The van der Waals surface area contributed by atoms with E-state index in [9.17, 15) is 4.79 Å². The van der Waals surface area contributed by atoms with Gasteiger partial charge in [0.25, 0.3) is 0 Å². The molecular weight excluding hydrogens is 319 g/mol. The average molecular weight is 337 g/mol. The van der Waals surface area contributed by atoms with E-state index in [2.05, 4.69) is 10.6 Å². The summed E-state index contributed by atoms with van der Waals surface area (Å²) in [5.74, 6) is -0.0334. The maximum absolute atomic E-state index is 11.9. The lowest BCUT2D eigenvalue weighted by atomic mass is 10.2. The zero-order chi connectivity index (χ0) is 15.9. The van der Waals surface area contributed by atoms with E-state index < -0.39 is 0 Å². The standard InChI is InChI=1S/C17H18Cl2N2O/c1-12-15(19)3-2-4-16(12)21-17(22)9-10-20-11-13-5-7-14(18)8-6-13/h2-8,20H,9-11H2,1H3,(H,21,22). The first-order valence-electron chi connectivity index (χ1n) is 7.06. The maximum atomic E-state index is 11.9. The molecule has 0 heterocycles. The van der Waals surface area contributed by atoms with Crippen molar-refractivity contribution in [1.82, 2.24) is 5.32 Å². The van der Waals surface area contributed by atoms with Gasteiger partial charge in [0.15, 0.2) is 0 Å². The highest BCUT2D eigenvalue weighted by molar-refractivity contribution is 6.31. The number of anilines is 1. The van der Waals surface area contributed by atoms with Gasteiger partial charge in [-0.2, -0.15) is 0 Å². The van der Waals surface area contributed by atoms with Gasteiger partial charge in [-0.15, -0.1) is 0 Å². The molecule has 2 aromatic carbocycles. The number of amides is 1. The Morgan fingerprint density at radius 1 is 1.09 bits per heavy atom. The third-order valence-electron chi connectivity index (χ3n) is 3.31.